The molecule has 0 heterocycles. The zero-order valence-corrected chi connectivity index (χ0v) is 14.7. The van der Waals surface area contributed by atoms with Gasteiger partial charge in [0, 0.05) is 11.3 Å². The van der Waals surface area contributed by atoms with Gasteiger partial charge in [-0.1, -0.05) is 11.6 Å². The summed E-state index contributed by atoms with van der Waals surface area (Å²) in [5.74, 6) is -6.61. The third-order valence-electron chi connectivity index (χ3n) is 3.41. The Morgan fingerprint density at radius 1 is 1.14 bits per heavy atom. The molecule has 28 heavy (non-hydrogen) atoms. The zero-order valence-electron chi connectivity index (χ0n) is 14.0. The van der Waals surface area contributed by atoms with Crippen LogP contribution in [0.4, 0.5) is 27.6 Å². The van der Waals surface area contributed by atoms with Crippen LogP contribution in [0.2, 0.25) is 5.02 Å². The second-order valence-electron chi connectivity index (χ2n) is 5.34. The van der Waals surface area contributed by atoms with Crippen LogP contribution in [-0.4, -0.2) is 23.6 Å². The first-order valence-electron chi connectivity index (χ1n) is 7.53. The van der Waals surface area contributed by atoms with Gasteiger partial charge in [0.1, 0.15) is 22.9 Å². The van der Waals surface area contributed by atoms with Gasteiger partial charge in [-0.3, -0.25) is 4.79 Å². The number of carbonyl (C=O) groups is 2. The molecule has 0 saturated carbocycles. The van der Waals surface area contributed by atoms with Gasteiger partial charge in [0.25, 0.3) is 5.91 Å². The standard InChI is InChI=1S/C17H11ClF5NO4/c1-2-28-14-9(17(21,22)23)3-7(4-10(14)18)15(25)24-8-5-11(19)13(16(26)27)12(20)6-8/h3-6H,2H2,1H3,(H,24,25)(H,26,27). The highest BCUT2D eigenvalue weighted by Gasteiger charge is 2.36. The van der Waals surface area contributed by atoms with E-state index >= 15 is 0 Å². The lowest BCUT2D eigenvalue weighted by Crippen LogP contribution is -2.16. The fourth-order valence-electron chi connectivity index (χ4n) is 2.28. The summed E-state index contributed by atoms with van der Waals surface area (Å²) in [5, 5.41) is 10.2. The van der Waals surface area contributed by atoms with Crippen LogP contribution in [-0.2, 0) is 6.18 Å². The van der Waals surface area contributed by atoms with E-state index in [0.717, 1.165) is 6.07 Å². The Morgan fingerprint density at radius 2 is 1.71 bits per heavy atom. The lowest BCUT2D eigenvalue weighted by Gasteiger charge is -2.16. The Kier molecular flexibility index (Phi) is 6.13. The predicted octanol–water partition coefficient (Wildman–Crippen LogP) is 4.99. The largest absolute Gasteiger partial charge is 0.492 e. The van der Waals surface area contributed by atoms with Crippen LogP contribution in [0, 0.1) is 11.6 Å². The molecule has 0 fully saturated rings. The third kappa shape index (κ3) is 4.50. The molecule has 5 nitrogen and oxygen atoms in total. The Morgan fingerprint density at radius 3 is 2.18 bits per heavy atom. The number of rotatable bonds is 5. The summed E-state index contributed by atoms with van der Waals surface area (Å²) in [7, 11) is 0. The molecule has 2 N–H and O–H groups in total. The molecular weight excluding hydrogens is 413 g/mol. The van der Waals surface area contributed by atoms with Gasteiger partial charge in [-0.15, -0.1) is 0 Å². The number of amides is 1. The number of halogens is 6. The van der Waals surface area contributed by atoms with Crippen LogP contribution >= 0.6 is 11.6 Å². The second kappa shape index (κ2) is 8.01. The first kappa shape index (κ1) is 21.4. The SMILES string of the molecule is CCOc1c(Cl)cc(C(=O)Nc2cc(F)c(C(=O)O)c(F)c2)cc1C(F)(F)F. The number of anilines is 1. The quantitative estimate of drug-likeness (QED) is 0.665. The minimum absolute atomic E-state index is 0.108. The summed E-state index contributed by atoms with van der Waals surface area (Å²) in [5.41, 5.74) is -3.58. The molecule has 2 aromatic rings. The molecule has 150 valence electrons. The maximum atomic E-state index is 13.7. The first-order chi connectivity index (χ1) is 13.0. The first-order valence-corrected chi connectivity index (χ1v) is 7.90. The summed E-state index contributed by atoms with van der Waals surface area (Å²) in [6.07, 6.45) is -4.88. The minimum Gasteiger partial charge on any atom is -0.492 e. The van der Waals surface area contributed by atoms with Gasteiger partial charge in [0.15, 0.2) is 0 Å². The summed E-state index contributed by atoms with van der Waals surface area (Å²) in [6, 6.07) is 2.41. The van der Waals surface area contributed by atoms with E-state index in [2.05, 4.69) is 0 Å². The molecule has 0 saturated heterocycles. The molecular formula is C17H11ClF5NO4. The van der Waals surface area contributed by atoms with E-state index in [-0.39, 0.29) is 6.61 Å². The van der Waals surface area contributed by atoms with Crippen LogP contribution in [0.3, 0.4) is 0 Å². The van der Waals surface area contributed by atoms with Gasteiger partial charge in [0.05, 0.1) is 17.2 Å². The molecule has 11 heteroatoms. The van der Waals surface area contributed by atoms with E-state index in [1.165, 1.54) is 6.92 Å². The van der Waals surface area contributed by atoms with Crippen molar-refractivity contribution >= 4 is 29.2 Å². The van der Waals surface area contributed by atoms with E-state index in [0.29, 0.717) is 18.2 Å². The zero-order chi connectivity index (χ0) is 21.2. The summed E-state index contributed by atoms with van der Waals surface area (Å²) < 4.78 is 71.9. The molecule has 0 radical (unpaired) electrons. The molecule has 1 amide bonds. The van der Waals surface area contributed by atoms with Crippen LogP contribution in [0.15, 0.2) is 24.3 Å². The average molecular weight is 424 g/mol. The van der Waals surface area contributed by atoms with Gasteiger partial charge in [-0.2, -0.15) is 13.2 Å². The smallest absolute Gasteiger partial charge is 0.420 e. The summed E-state index contributed by atoms with van der Waals surface area (Å²) in [6.45, 7) is 1.34. The molecule has 0 unspecified atom stereocenters. The van der Waals surface area contributed by atoms with E-state index in [1.807, 2.05) is 5.32 Å². The fraction of sp³-hybridized carbons (Fsp3) is 0.176. The van der Waals surface area contributed by atoms with Gasteiger partial charge in [-0.25, -0.2) is 13.6 Å². The number of carboxylic acids is 1. The Balaban J connectivity index is 2.42. The number of carbonyl (C=O) groups excluding carboxylic acids is 1. The number of carboxylic acid groups (broad SMARTS) is 1. The average Bonchev–Trinajstić information content (AvgIpc) is 2.54. The number of nitrogens with one attached hydrogen (secondary N) is 1. The van der Waals surface area contributed by atoms with Crippen molar-refractivity contribution in [1.82, 2.24) is 0 Å². The highest BCUT2D eigenvalue weighted by Crippen LogP contribution is 2.41. The van der Waals surface area contributed by atoms with Crippen LogP contribution < -0.4 is 10.1 Å². The van der Waals surface area contributed by atoms with Crippen LogP contribution in [0.25, 0.3) is 0 Å². The lowest BCUT2D eigenvalue weighted by atomic mass is 10.1. The van der Waals surface area contributed by atoms with Crippen molar-refractivity contribution in [3.63, 3.8) is 0 Å². The van der Waals surface area contributed by atoms with Crippen molar-refractivity contribution < 1.29 is 41.4 Å². The number of aromatic carboxylic acids is 1. The van der Waals surface area contributed by atoms with E-state index in [1.54, 1.807) is 0 Å². The molecule has 2 aromatic carbocycles. The molecule has 2 rings (SSSR count). The molecule has 0 aliphatic carbocycles. The van der Waals surface area contributed by atoms with Crippen molar-refractivity contribution in [3.8, 4) is 5.75 Å². The van der Waals surface area contributed by atoms with E-state index < -0.39 is 62.8 Å². The van der Waals surface area contributed by atoms with Crippen molar-refractivity contribution in [2.75, 3.05) is 11.9 Å². The highest BCUT2D eigenvalue weighted by molar-refractivity contribution is 6.32. The summed E-state index contributed by atoms with van der Waals surface area (Å²) >= 11 is 5.78. The van der Waals surface area contributed by atoms with Gasteiger partial charge >= 0.3 is 12.1 Å². The van der Waals surface area contributed by atoms with Crippen LogP contribution in [0.1, 0.15) is 33.2 Å². The van der Waals surface area contributed by atoms with Gasteiger partial charge in [0.2, 0.25) is 0 Å². The summed E-state index contributed by atoms with van der Waals surface area (Å²) in [4.78, 5) is 23.0. The van der Waals surface area contributed by atoms with Crippen molar-refractivity contribution in [3.05, 3.63) is 57.6 Å². The maximum Gasteiger partial charge on any atom is 0.420 e. The Bertz CT molecular complexity index is 923. The van der Waals surface area contributed by atoms with Crippen molar-refractivity contribution in [2.24, 2.45) is 0 Å². The maximum absolute atomic E-state index is 13.7. The third-order valence-corrected chi connectivity index (χ3v) is 3.69. The number of ether oxygens (including phenoxy) is 1. The monoisotopic (exact) mass is 423 g/mol. The molecule has 0 spiro atoms. The van der Waals surface area contributed by atoms with E-state index in [9.17, 15) is 31.5 Å². The minimum atomic E-state index is -4.88. The molecule has 0 bridgehead atoms. The predicted molar refractivity (Wildman–Crippen MR) is 88.9 cm³/mol. The van der Waals surface area contributed by atoms with Gasteiger partial charge < -0.3 is 15.2 Å². The van der Waals surface area contributed by atoms with Crippen molar-refractivity contribution in [1.29, 1.82) is 0 Å². The normalized spacial score (nSPS) is 11.2. The number of alkyl halides is 3. The second-order valence-corrected chi connectivity index (χ2v) is 5.75. The molecule has 0 aliphatic rings. The Hall–Kier alpha value is -2.88. The number of hydrogen-bond acceptors (Lipinski definition) is 3. The Labute approximate surface area is 159 Å². The fourth-order valence-corrected chi connectivity index (χ4v) is 2.55. The highest BCUT2D eigenvalue weighted by atomic mass is 35.5. The van der Waals surface area contributed by atoms with Crippen LogP contribution in [0.5, 0.6) is 5.75 Å². The number of benzene rings is 2. The lowest BCUT2D eigenvalue weighted by molar-refractivity contribution is -0.138. The van der Waals surface area contributed by atoms with Gasteiger partial charge in [-0.05, 0) is 31.2 Å². The topological polar surface area (TPSA) is 75.6 Å². The number of hydrogen-bond donors (Lipinski definition) is 2. The molecule has 0 atom stereocenters. The molecule has 0 aliphatic heterocycles. The molecule has 0 aromatic heterocycles. The van der Waals surface area contributed by atoms with Crippen molar-refractivity contribution in [2.45, 2.75) is 13.1 Å². The van der Waals surface area contributed by atoms with E-state index in [4.69, 9.17) is 21.4 Å².